The first-order valence-electron chi connectivity index (χ1n) is 6.76. The summed E-state index contributed by atoms with van der Waals surface area (Å²) in [4.78, 5) is 29.0. The highest BCUT2D eigenvalue weighted by Gasteiger charge is 2.51. The second-order valence-electron chi connectivity index (χ2n) is 4.91. The predicted octanol–water partition coefficient (Wildman–Crippen LogP) is 1.38. The van der Waals surface area contributed by atoms with Crippen molar-refractivity contribution in [3.05, 3.63) is 22.5 Å². The van der Waals surface area contributed by atoms with Crippen molar-refractivity contribution in [3.8, 4) is 0 Å². The molecule has 1 unspecified atom stereocenters. The van der Waals surface area contributed by atoms with Crippen LogP contribution in [0.15, 0.2) is 21.7 Å². The van der Waals surface area contributed by atoms with Gasteiger partial charge in [0.05, 0.1) is 15.4 Å². The number of rotatable bonds is 5. The molecule has 0 saturated carbocycles. The Morgan fingerprint density at radius 1 is 1.64 bits per heavy atom. The maximum Gasteiger partial charge on any atom is 0.352 e. The number of carboxylic acid groups (broad SMARTS) is 1. The molecule has 0 aromatic carbocycles. The van der Waals surface area contributed by atoms with Gasteiger partial charge in [-0.2, -0.15) is 0 Å². The molecule has 6 nitrogen and oxygen atoms in total. The molecule has 1 aromatic heterocycles. The van der Waals surface area contributed by atoms with Gasteiger partial charge in [0, 0.05) is 11.5 Å². The zero-order valence-electron chi connectivity index (χ0n) is 11.8. The van der Waals surface area contributed by atoms with Crippen LogP contribution >= 0.6 is 34.9 Å². The number of carbonyl (C=O) groups is 2. The predicted molar refractivity (Wildman–Crippen MR) is 87.9 cm³/mol. The number of hydrogen-bond acceptors (Lipinski definition) is 7. The topological polar surface area (TPSA) is 96.5 Å². The number of amides is 1. The summed E-state index contributed by atoms with van der Waals surface area (Å²) in [5.41, 5.74) is 6.61. The summed E-state index contributed by atoms with van der Waals surface area (Å²) in [5.74, 6) is -0.218. The summed E-state index contributed by atoms with van der Waals surface area (Å²) in [6.45, 7) is 2.05. The van der Waals surface area contributed by atoms with E-state index in [0.29, 0.717) is 11.5 Å². The quantitative estimate of drug-likeness (QED) is 0.607. The number of nitrogens with zero attached hydrogens (tertiary/aromatic N) is 2. The first kappa shape index (κ1) is 15.9. The highest BCUT2D eigenvalue weighted by Crippen LogP contribution is 2.41. The van der Waals surface area contributed by atoms with E-state index in [4.69, 9.17) is 5.73 Å². The fraction of sp³-hybridized carbons (Fsp3) is 0.462. The van der Waals surface area contributed by atoms with Gasteiger partial charge in [-0.1, -0.05) is 6.92 Å². The molecule has 22 heavy (non-hydrogen) atoms. The van der Waals surface area contributed by atoms with Crippen molar-refractivity contribution in [2.45, 2.75) is 29.0 Å². The van der Waals surface area contributed by atoms with Crippen molar-refractivity contribution in [2.24, 2.45) is 5.73 Å². The van der Waals surface area contributed by atoms with Crippen LogP contribution in [-0.4, -0.2) is 49.8 Å². The zero-order valence-corrected chi connectivity index (χ0v) is 14.3. The number of carbonyl (C=O) groups excluding carboxylic acids is 1. The lowest BCUT2D eigenvalue weighted by Crippen LogP contribution is -2.68. The number of carboxylic acids is 1. The number of thioether (sulfide) groups is 2. The van der Waals surface area contributed by atoms with Gasteiger partial charge in [0.1, 0.15) is 17.1 Å². The van der Waals surface area contributed by atoms with E-state index in [0.717, 1.165) is 21.2 Å². The number of β-lactam (4-membered cyclic amide) rings is 1. The van der Waals surface area contributed by atoms with E-state index in [1.165, 1.54) is 16.7 Å². The van der Waals surface area contributed by atoms with Crippen LogP contribution in [0.5, 0.6) is 0 Å². The molecule has 118 valence electrons. The van der Waals surface area contributed by atoms with E-state index in [1.54, 1.807) is 23.1 Å². The number of fused-ring (bicyclic) bond motifs is 1. The lowest BCUT2D eigenvalue weighted by molar-refractivity contribution is -0.147. The van der Waals surface area contributed by atoms with Crippen LogP contribution in [0.25, 0.3) is 0 Å². The molecule has 9 heteroatoms. The molecular formula is C13H15N3O3S3. The molecule has 2 aliphatic rings. The molecule has 1 saturated heterocycles. The van der Waals surface area contributed by atoms with Crippen LogP contribution in [-0.2, 0) is 16.0 Å². The number of aromatic nitrogens is 1. The largest absolute Gasteiger partial charge is 0.477 e. The highest BCUT2D eigenvalue weighted by molar-refractivity contribution is 8.02. The third-order valence-electron chi connectivity index (χ3n) is 3.51. The van der Waals surface area contributed by atoms with E-state index >= 15 is 0 Å². The molecule has 2 atom stereocenters. The maximum atomic E-state index is 11.8. The van der Waals surface area contributed by atoms with Crippen LogP contribution in [0.1, 0.15) is 11.9 Å². The Kier molecular flexibility index (Phi) is 4.49. The van der Waals surface area contributed by atoms with E-state index < -0.39 is 12.0 Å². The minimum atomic E-state index is -1.06. The summed E-state index contributed by atoms with van der Waals surface area (Å²) in [6.07, 6.45) is 2.71. The van der Waals surface area contributed by atoms with E-state index in [1.807, 2.05) is 6.20 Å². The fourth-order valence-corrected chi connectivity index (χ4v) is 5.77. The monoisotopic (exact) mass is 357 g/mol. The molecule has 2 aliphatic heterocycles. The van der Waals surface area contributed by atoms with Crippen LogP contribution in [0.4, 0.5) is 0 Å². The average molecular weight is 357 g/mol. The first-order valence-corrected chi connectivity index (χ1v) is 9.61. The molecule has 0 aliphatic carbocycles. The van der Waals surface area contributed by atoms with E-state index in [-0.39, 0.29) is 17.0 Å². The summed E-state index contributed by atoms with van der Waals surface area (Å²) in [6, 6.07) is -0.581. The van der Waals surface area contributed by atoms with Gasteiger partial charge >= 0.3 is 5.97 Å². The van der Waals surface area contributed by atoms with Crippen molar-refractivity contribution < 1.29 is 14.7 Å². The van der Waals surface area contributed by atoms with E-state index in [9.17, 15) is 14.7 Å². The Balaban J connectivity index is 1.78. The Morgan fingerprint density at radius 2 is 2.41 bits per heavy atom. The van der Waals surface area contributed by atoms with Gasteiger partial charge in [0.25, 0.3) is 0 Å². The second kappa shape index (κ2) is 6.23. The molecule has 3 rings (SSSR count). The summed E-state index contributed by atoms with van der Waals surface area (Å²) in [7, 11) is 0. The lowest BCUT2D eigenvalue weighted by Gasteiger charge is -2.48. The van der Waals surface area contributed by atoms with Gasteiger partial charge in [0.15, 0.2) is 0 Å². The molecule has 1 fully saturated rings. The maximum absolute atomic E-state index is 11.8. The minimum Gasteiger partial charge on any atom is -0.477 e. The van der Waals surface area contributed by atoms with Crippen molar-refractivity contribution in [1.82, 2.24) is 9.88 Å². The van der Waals surface area contributed by atoms with Gasteiger partial charge < -0.3 is 10.8 Å². The van der Waals surface area contributed by atoms with Gasteiger partial charge in [0.2, 0.25) is 5.91 Å². The van der Waals surface area contributed by atoms with Gasteiger partial charge in [-0.15, -0.1) is 34.9 Å². The van der Waals surface area contributed by atoms with Crippen LogP contribution in [0.3, 0.4) is 0 Å². The fourth-order valence-electron chi connectivity index (χ4n) is 2.37. The summed E-state index contributed by atoms with van der Waals surface area (Å²) < 4.78 is 1.06. The molecule has 0 radical (unpaired) electrons. The normalized spacial score (nSPS) is 24.3. The molecule has 0 bridgehead atoms. The average Bonchev–Trinajstić information content (AvgIpc) is 2.99. The molecule has 0 spiro atoms. The number of thiazole rings is 1. The standard InChI is InChI=1S/C13H15N3O3S3/c1-2-7-15-3-8(22-7)20-4-6-5-21-12-9(14)11(17)16(12)10(6)13(18)19/h3,9,12H,2,4-5,14H2,1H3,(H,18,19)/t9?,12-/m0/s1. The third kappa shape index (κ3) is 2.66. The van der Waals surface area contributed by atoms with Crippen molar-refractivity contribution in [3.63, 3.8) is 0 Å². The molecule has 1 amide bonds. The first-order chi connectivity index (χ1) is 10.5. The Labute approximate surface area is 140 Å². The minimum absolute atomic E-state index is 0.114. The summed E-state index contributed by atoms with van der Waals surface area (Å²) >= 11 is 4.72. The molecule has 3 heterocycles. The third-order valence-corrected chi connectivity index (χ3v) is 7.30. The number of aryl methyl sites for hydroxylation is 1. The second-order valence-corrected chi connectivity index (χ2v) is 8.40. The van der Waals surface area contributed by atoms with Crippen molar-refractivity contribution in [2.75, 3.05) is 11.5 Å². The van der Waals surface area contributed by atoms with Crippen LogP contribution < -0.4 is 5.73 Å². The Morgan fingerprint density at radius 3 is 3.05 bits per heavy atom. The molecular weight excluding hydrogens is 342 g/mol. The highest BCUT2D eigenvalue weighted by atomic mass is 32.2. The zero-order chi connectivity index (χ0) is 15.9. The SMILES string of the molecule is CCc1ncc(SCC2=C(C(=O)O)N3C(=O)C(N)[C@@H]3SC2)s1. The van der Waals surface area contributed by atoms with Gasteiger partial charge in [-0.05, 0) is 12.0 Å². The van der Waals surface area contributed by atoms with Gasteiger partial charge in [-0.3, -0.25) is 9.69 Å². The Hall–Kier alpha value is -1.03. The smallest absolute Gasteiger partial charge is 0.352 e. The van der Waals surface area contributed by atoms with Crippen molar-refractivity contribution in [1.29, 1.82) is 0 Å². The number of nitrogens with two attached hydrogens (primary N) is 1. The lowest BCUT2D eigenvalue weighted by atomic mass is 10.0. The van der Waals surface area contributed by atoms with Crippen LogP contribution in [0, 0.1) is 0 Å². The van der Waals surface area contributed by atoms with Crippen LogP contribution in [0.2, 0.25) is 0 Å². The number of aliphatic carboxylic acids is 1. The molecule has 1 aromatic rings. The summed E-state index contributed by atoms with van der Waals surface area (Å²) in [5, 5.41) is 10.3. The number of hydrogen-bond donors (Lipinski definition) is 2. The van der Waals surface area contributed by atoms with Gasteiger partial charge in [-0.25, -0.2) is 9.78 Å². The Bertz CT molecular complexity index is 658. The van der Waals surface area contributed by atoms with E-state index in [2.05, 4.69) is 11.9 Å². The van der Waals surface area contributed by atoms with Crippen molar-refractivity contribution >= 4 is 46.7 Å². The molecule has 3 N–H and O–H groups in total.